The number of likely N-dealkylation sites (tertiary alicyclic amines) is 1. The number of carboxylic acids is 1. The van der Waals surface area contributed by atoms with Crippen molar-refractivity contribution >= 4 is 17.0 Å². The first kappa shape index (κ1) is 12.8. The Morgan fingerprint density at radius 3 is 2.81 bits per heavy atom. The lowest BCUT2D eigenvalue weighted by atomic mass is 10.1. The molecule has 1 saturated carbocycles. The standard InChI is InChI=1S/C16H19N3O2/c1-10-17-15-13(16(20)21)3-2-4-14(15)19(10)12-7-8-18(9-12)11-5-6-11/h2-4,11-12H,5-9H2,1H3,(H,20,21). The van der Waals surface area contributed by atoms with Crippen LogP contribution in [0.15, 0.2) is 18.2 Å². The van der Waals surface area contributed by atoms with Crippen LogP contribution < -0.4 is 0 Å². The summed E-state index contributed by atoms with van der Waals surface area (Å²) < 4.78 is 2.24. The van der Waals surface area contributed by atoms with Crippen molar-refractivity contribution in [2.24, 2.45) is 0 Å². The van der Waals surface area contributed by atoms with E-state index < -0.39 is 5.97 Å². The lowest BCUT2D eigenvalue weighted by Crippen LogP contribution is -2.24. The van der Waals surface area contributed by atoms with Crippen molar-refractivity contribution < 1.29 is 9.90 Å². The molecule has 21 heavy (non-hydrogen) atoms. The van der Waals surface area contributed by atoms with Crippen molar-refractivity contribution in [1.29, 1.82) is 0 Å². The normalized spacial score (nSPS) is 23.0. The number of aromatic nitrogens is 2. The van der Waals surface area contributed by atoms with E-state index in [-0.39, 0.29) is 0 Å². The summed E-state index contributed by atoms with van der Waals surface area (Å²) in [5.41, 5.74) is 1.87. The second-order valence-electron chi connectivity index (χ2n) is 6.18. The van der Waals surface area contributed by atoms with Gasteiger partial charge in [-0.3, -0.25) is 4.90 Å². The topological polar surface area (TPSA) is 58.4 Å². The lowest BCUT2D eigenvalue weighted by Gasteiger charge is -2.17. The zero-order chi connectivity index (χ0) is 14.6. The number of fused-ring (bicyclic) bond motifs is 1. The van der Waals surface area contributed by atoms with Crippen molar-refractivity contribution in [1.82, 2.24) is 14.5 Å². The predicted molar refractivity (Wildman–Crippen MR) is 79.7 cm³/mol. The van der Waals surface area contributed by atoms with Gasteiger partial charge in [-0.2, -0.15) is 0 Å². The zero-order valence-electron chi connectivity index (χ0n) is 12.1. The first-order valence-corrected chi connectivity index (χ1v) is 7.60. The third-order valence-electron chi connectivity index (χ3n) is 4.75. The molecule has 1 aromatic heterocycles. The summed E-state index contributed by atoms with van der Waals surface area (Å²) in [5, 5.41) is 9.31. The van der Waals surface area contributed by atoms with Crippen LogP contribution in [0.25, 0.3) is 11.0 Å². The Labute approximate surface area is 123 Å². The molecule has 0 amide bonds. The second kappa shape index (κ2) is 4.56. The average molecular weight is 285 g/mol. The zero-order valence-corrected chi connectivity index (χ0v) is 12.1. The number of imidazole rings is 1. The largest absolute Gasteiger partial charge is 0.478 e. The van der Waals surface area contributed by atoms with Crippen LogP contribution in [0.3, 0.4) is 0 Å². The van der Waals surface area contributed by atoms with Crippen molar-refractivity contribution in [2.75, 3.05) is 13.1 Å². The molecule has 5 nitrogen and oxygen atoms in total. The molecule has 2 aromatic rings. The first-order chi connectivity index (χ1) is 10.1. The molecule has 1 unspecified atom stereocenters. The van der Waals surface area contributed by atoms with Gasteiger partial charge >= 0.3 is 5.97 Å². The van der Waals surface area contributed by atoms with Gasteiger partial charge in [0.25, 0.3) is 0 Å². The molecule has 2 heterocycles. The Balaban J connectivity index is 1.76. The van der Waals surface area contributed by atoms with E-state index in [1.807, 2.05) is 19.1 Å². The Morgan fingerprint density at radius 2 is 2.10 bits per heavy atom. The van der Waals surface area contributed by atoms with E-state index in [1.54, 1.807) is 6.07 Å². The van der Waals surface area contributed by atoms with Crippen LogP contribution >= 0.6 is 0 Å². The summed E-state index contributed by atoms with van der Waals surface area (Å²) in [7, 11) is 0. The Bertz CT molecular complexity index is 718. The van der Waals surface area contributed by atoms with Gasteiger partial charge in [0.05, 0.1) is 11.1 Å². The maximum Gasteiger partial charge on any atom is 0.337 e. The summed E-state index contributed by atoms with van der Waals surface area (Å²) in [4.78, 5) is 18.4. The maximum atomic E-state index is 11.3. The predicted octanol–water partition coefficient (Wildman–Crippen LogP) is 2.45. The number of carbonyl (C=O) groups is 1. The van der Waals surface area contributed by atoms with Crippen molar-refractivity contribution in [3.8, 4) is 0 Å². The summed E-state index contributed by atoms with van der Waals surface area (Å²) in [6, 6.07) is 6.64. The van der Waals surface area contributed by atoms with Crippen LogP contribution in [0.2, 0.25) is 0 Å². The number of nitrogens with zero attached hydrogens (tertiary/aromatic N) is 3. The highest BCUT2D eigenvalue weighted by molar-refractivity contribution is 6.01. The number of benzene rings is 1. The van der Waals surface area contributed by atoms with Crippen molar-refractivity contribution in [3.63, 3.8) is 0 Å². The van der Waals surface area contributed by atoms with Crippen LogP contribution in [0.5, 0.6) is 0 Å². The highest BCUT2D eigenvalue weighted by Crippen LogP contribution is 2.35. The van der Waals surface area contributed by atoms with Crippen LogP contribution in [0, 0.1) is 6.92 Å². The molecular weight excluding hydrogens is 266 g/mol. The Morgan fingerprint density at radius 1 is 1.29 bits per heavy atom. The number of rotatable bonds is 3. The van der Waals surface area contributed by atoms with E-state index in [0.717, 1.165) is 36.9 Å². The van der Waals surface area contributed by atoms with E-state index >= 15 is 0 Å². The quantitative estimate of drug-likeness (QED) is 0.941. The SMILES string of the molecule is Cc1nc2c(C(=O)O)cccc2n1C1CCN(C2CC2)C1. The molecule has 1 saturated heterocycles. The van der Waals surface area contributed by atoms with Gasteiger partial charge in [-0.25, -0.2) is 9.78 Å². The molecular formula is C16H19N3O2. The van der Waals surface area contributed by atoms with Crippen LogP contribution in [-0.4, -0.2) is 44.7 Å². The highest BCUT2D eigenvalue weighted by Gasteiger charge is 2.35. The van der Waals surface area contributed by atoms with Gasteiger partial charge in [0.2, 0.25) is 0 Å². The van der Waals surface area contributed by atoms with Crippen molar-refractivity contribution in [2.45, 2.75) is 38.3 Å². The van der Waals surface area contributed by atoms with Gasteiger partial charge in [-0.05, 0) is 38.3 Å². The van der Waals surface area contributed by atoms with E-state index in [0.29, 0.717) is 17.1 Å². The Kier molecular flexibility index (Phi) is 2.79. The third-order valence-corrected chi connectivity index (χ3v) is 4.75. The molecule has 0 radical (unpaired) electrons. The molecule has 1 atom stereocenters. The van der Waals surface area contributed by atoms with Gasteiger partial charge in [0.1, 0.15) is 11.3 Å². The van der Waals surface area contributed by atoms with Gasteiger partial charge in [-0.15, -0.1) is 0 Å². The number of hydrogen-bond donors (Lipinski definition) is 1. The summed E-state index contributed by atoms with van der Waals surface area (Å²) in [5.74, 6) is 0.0117. The molecule has 2 aliphatic rings. The van der Waals surface area contributed by atoms with Gasteiger partial charge in [-0.1, -0.05) is 6.07 Å². The van der Waals surface area contributed by atoms with E-state index in [4.69, 9.17) is 0 Å². The molecule has 5 heteroatoms. The molecule has 1 aliphatic carbocycles. The molecule has 4 rings (SSSR count). The number of carboxylic acid groups (broad SMARTS) is 1. The summed E-state index contributed by atoms with van der Waals surface area (Å²) in [6.45, 7) is 4.19. The monoisotopic (exact) mass is 285 g/mol. The fraction of sp³-hybridized carbons (Fsp3) is 0.500. The minimum absolute atomic E-state index is 0.298. The van der Waals surface area contributed by atoms with Gasteiger partial charge in [0, 0.05) is 25.2 Å². The third kappa shape index (κ3) is 2.03. The van der Waals surface area contributed by atoms with E-state index in [2.05, 4.69) is 14.5 Å². The molecule has 0 bridgehead atoms. The lowest BCUT2D eigenvalue weighted by molar-refractivity contribution is 0.0699. The fourth-order valence-corrected chi connectivity index (χ4v) is 3.62. The highest BCUT2D eigenvalue weighted by atomic mass is 16.4. The summed E-state index contributed by atoms with van der Waals surface area (Å²) >= 11 is 0. The fourth-order valence-electron chi connectivity index (χ4n) is 3.62. The molecule has 110 valence electrons. The molecule has 1 aromatic carbocycles. The van der Waals surface area contributed by atoms with Crippen LogP contribution in [0.1, 0.15) is 41.5 Å². The maximum absolute atomic E-state index is 11.3. The van der Waals surface area contributed by atoms with Gasteiger partial charge in [0.15, 0.2) is 0 Å². The van der Waals surface area contributed by atoms with E-state index in [9.17, 15) is 9.90 Å². The summed E-state index contributed by atoms with van der Waals surface area (Å²) in [6.07, 6.45) is 3.79. The number of hydrogen-bond acceptors (Lipinski definition) is 3. The van der Waals surface area contributed by atoms with Crippen molar-refractivity contribution in [3.05, 3.63) is 29.6 Å². The molecule has 1 aliphatic heterocycles. The average Bonchev–Trinajstić information content (AvgIpc) is 3.09. The number of aryl methyl sites for hydroxylation is 1. The number of para-hydroxylation sites is 1. The minimum atomic E-state index is -0.906. The van der Waals surface area contributed by atoms with Crippen LogP contribution in [-0.2, 0) is 0 Å². The Hall–Kier alpha value is -1.88. The molecule has 2 fully saturated rings. The first-order valence-electron chi connectivity index (χ1n) is 7.60. The molecule has 1 N–H and O–H groups in total. The van der Waals surface area contributed by atoms with Gasteiger partial charge < -0.3 is 9.67 Å². The van der Waals surface area contributed by atoms with E-state index in [1.165, 1.54) is 12.8 Å². The second-order valence-corrected chi connectivity index (χ2v) is 6.18. The smallest absolute Gasteiger partial charge is 0.337 e. The van der Waals surface area contributed by atoms with Crippen LogP contribution in [0.4, 0.5) is 0 Å². The molecule has 0 spiro atoms. The minimum Gasteiger partial charge on any atom is -0.478 e. The number of aromatic carboxylic acids is 1.